The second kappa shape index (κ2) is 9.06. The maximum atomic E-state index is 13.8. The zero-order valence-electron chi connectivity index (χ0n) is 17.8. The van der Waals surface area contributed by atoms with Gasteiger partial charge in [-0.1, -0.05) is 11.6 Å². The van der Waals surface area contributed by atoms with E-state index >= 15 is 0 Å². The van der Waals surface area contributed by atoms with Gasteiger partial charge in [0.05, 0.1) is 29.0 Å². The number of nitrogens with one attached hydrogen (secondary N) is 4. The van der Waals surface area contributed by atoms with E-state index in [1.807, 2.05) is 0 Å². The molecular formula is C21H22ClF3N6O2. The summed E-state index contributed by atoms with van der Waals surface area (Å²) in [5, 5.41) is 9.46. The van der Waals surface area contributed by atoms with Crippen molar-refractivity contribution >= 4 is 40.2 Å². The third-order valence-electron chi connectivity index (χ3n) is 5.56. The molecule has 3 aromatic rings. The molecule has 8 nitrogen and oxygen atoms in total. The fraction of sp³-hybridized carbons (Fsp3) is 0.381. The summed E-state index contributed by atoms with van der Waals surface area (Å²) >= 11 is 6.37. The molecule has 1 saturated heterocycles. The van der Waals surface area contributed by atoms with Crippen LogP contribution in [0.5, 0.6) is 0 Å². The maximum Gasteiger partial charge on any atom is 0.419 e. The number of piperidine rings is 1. The minimum atomic E-state index is -4.66. The van der Waals surface area contributed by atoms with Crippen LogP contribution in [0.1, 0.15) is 25.3 Å². The fourth-order valence-corrected chi connectivity index (χ4v) is 4.05. The number of fused-ring (bicyclic) bond motifs is 1. The number of carbonyl (C=O) groups excluding carboxylic acids is 1. The molecule has 2 aromatic heterocycles. The summed E-state index contributed by atoms with van der Waals surface area (Å²) in [6, 6.07) is 3.44. The molecule has 2 atom stereocenters. The number of nitrogens with zero attached hydrogens (tertiary/aromatic N) is 2. The van der Waals surface area contributed by atoms with Gasteiger partial charge in [-0.3, -0.25) is 5.32 Å². The monoisotopic (exact) mass is 482 g/mol. The summed E-state index contributed by atoms with van der Waals surface area (Å²) < 4.78 is 45.9. The van der Waals surface area contributed by atoms with Gasteiger partial charge in [-0.25, -0.2) is 14.8 Å². The molecule has 176 valence electrons. The number of rotatable bonds is 4. The lowest BCUT2D eigenvalue weighted by Crippen LogP contribution is -2.43. The van der Waals surface area contributed by atoms with E-state index in [-0.39, 0.29) is 34.0 Å². The summed E-state index contributed by atoms with van der Waals surface area (Å²) in [6.07, 6.45) is -1.39. The van der Waals surface area contributed by atoms with Gasteiger partial charge in [-0.05, 0) is 31.9 Å². The highest BCUT2D eigenvalue weighted by molar-refractivity contribution is 6.38. The molecule has 4 N–H and O–H groups in total. The number of amides is 1. The van der Waals surface area contributed by atoms with Gasteiger partial charge in [-0.2, -0.15) is 13.2 Å². The van der Waals surface area contributed by atoms with Gasteiger partial charge >= 0.3 is 12.3 Å². The van der Waals surface area contributed by atoms with Crippen molar-refractivity contribution in [1.82, 2.24) is 20.3 Å². The van der Waals surface area contributed by atoms with Crippen LogP contribution < -0.4 is 16.0 Å². The first-order chi connectivity index (χ1) is 15.7. The molecule has 1 aliphatic heterocycles. The molecule has 12 heteroatoms. The molecular weight excluding hydrogens is 461 g/mol. The molecule has 0 bridgehead atoms. The van der Waals surface area contributed by atoms with Crippen molar-refractivity contribution in [3.8, 4) is 11.3 Å². The van der Waals surface area contributed by atoms with Gasteiger partial charge in [0.1, 0.15) is 5.56 Å². The molecule has 1 fully saturated rings. The average Bonchev–Trinajstić information content (AvgIpc) is 3.21. The second-order valence-corrected chi connectivity index (χ2v) is 8.23. The van der Waals surface area contributed by atoms with Gasteiger partial charge in [-0.15, -0.1) is 0 Å². The van der Waals surface area contributed by atoms with Crippen molar-refractivity contribution in [1.29, 1.82) is 0 Å². The van der Waals surface area contributed by atoms with Crippen molar-refractivity contribution in [2.75, 3.05) is 24.3 Å². The molecule has 0 aliphatic carbocycles. The molecule has 0 spiro atoms. The van der Waals surface area contributed by atoms with Crippen LogP contribution in [0.15, 0.2) is 24.5 Å². The normalized spacial score (nSPS) is 18.8. The molecule has 4 rings (SSSR count). The Bertz CT molecular complexity index is 1170. The number of aromatic amines is 1. The minimum absolute atomic E-state index is 0.00940. The van der Waals surface area contributed by atoms with Crippen LogP contribution in [0.3, 0.4) is 0 Å². The zero-order chi connectivity index (χ0) is 23.8. The van der Waals surface area contributed by atoms with Gasteiger partial charge in [0.15, 0.2) is 0 Å². The Balaban J connectivity index is 1.74. The standard InChI is InChI=1S/C21H22ClF3N6O2/c1-10-3-4-11(7-26-10)29-19-28-9-14(21(23,24)25)17(31-19)13-8-27-18-12(13)5-6-15(16(18)22)30-20(32)33-2/h5-6,8-11,26-27H,3-4,7H2,1-2H3,(H,30,32)(H,28,29,31)/t10-,11?/m0/s1. The van der Waals surface area contributed by atoms with E-state index in [0.717, 1.165) is 19.0 Å². The van der Waals surface area contributed by atoms with Gasteiger partial charge in [0.2, 0.25) is 5.95 Å². The van der Waals surface area contributed by atoms with E-state index in [4.69, 9.17) is 11.6 Å². The predicted molar refractivity (Wildman–Crippen MR) is 119 cm³/mol. The van der Waals surface area contributed by atoms with E-state index in [1.54, 1.807) is 6.07 Å². The zero-order valence-corrected chi connectivity index (χ0v) is 18.6. The van der Waals surface area contributed by atoms with E-state index in [2.05, 4.69) is 42.6 Å². The van der Waals surface area contributed by atoms with Crippen molar-refractivity contribution in [3.63, 3.8) is 0 Å². The first-order valence-corrected chi connectivity index (χ1v) is 10.6. The predicted octanol–water partition coefficient (Wildman–Crippen LogP) is 5.03. The molecule has 33 heavy (non-hydrogen) atoms. The molecule has 1 aromatic carbocycles. The number of methoxy groups -OCH3 is 1. The van der Waals surface area contributed by atoms with E-state index in [1.165, 1.54) is 19.4 Å². The summed E-state index contributed by atoms with van der Waals surface area (Å²) in [5.74, 6) is 0.115. The van der Waals surface area contributed by atoms with Gasteiger partial charge in [0, 0.05) is 42.0 Å². The third-order valence-corrected chi connectivity index (χ3v) is 5.95. The number of aromatic nitrogens is 3. The van der Waals surface area contributed by atoms with Crippen molar-refractivity contribution in [3.05, 3.63) is 35.1 Å². The highest BCUT2D eigenvalue weighted by Gasteiger charge is 2.36. The SMILES string of the molecule is COC(=O)Nc1ccc2c(-c3nc(NC4CC[C@H](C)NC4)ncc3C(F)(F)F)c[nH]c2c1Cl. The lowest BCUT2D eigenvalue weighted by Gasteiger charge is -2.28. The number of hydrogen-bond donors (Lipinski definition) is 4. The minimum Gasteiger partial charge on any atom is -0.453 e. The van der Waals surface area contributed by atoms with Gasteiger partial charge < -0.3 is 20.4 Å². The Hall–Kier alpha value is -3.05. The van der Waals surface area contributed by atoms with Crippen molar-refractivity contribution in [2.45, 2.75) is 38.0 Å². The fourth-order valence-electron chi connectivity index (χ4n) is 3.79. The third kappa shape index (κ3) is 4.83. The lowest BCUT2D eigenvalue weighted by molar-refractivity contribution is -0.137. The Morgan fingerprint density at radius 1 is 1.30 bits per heavy atom. The Kier molecular flexibility index (Phi) is 6.35. The Morgan fingerprint density at radius 2 is 2.09 bits per heavy atom. The number of anilines is 2. The molecule has 0 radical (unpaired) electrons. The summed E-state index contributed by atoms with van der Waals surface area (Å²) in [4.78, 5) is 22.6. The number of benzene rings is 1. The quantitative estimate of drug-likeness (QED) is 0.416. The average molecular weight is 483 g/mol. The highest BCUT2D eigenvalue weighted by atomic mass is 35.5. The topological polar surface area (TPSA) is 104 Å². The van der Waals surface area contributed by atoms with Gasteiger partial charge in [0.25, 0.3) is 0 Å². The van der Waals surface area contributed by atoms with E-state index in [9.17, 15) is 18.0 Å². The van der Waals surface area contributed by atoms with Crippen LogP contribution >= 0.6 is 11.6 Å². The number of H-pyrrole nitrogens is 1. The number of ether oxygens (including phenoxy) is 1. The highest BCUT2D eigenvalue weighted by Crippen LogP contribution is 2.41. The summed E-state index contributed by atoms with van der Waals surface area (Å²) in [6.45, 7) is 2.75. The van der Waals surface area contributed by atoms with Crippen LogP contribution in [0.25, 0.3) is 22.2 Å². The summed E-state index contributed by atoms with van der Waals surface area (Å²) in [5.41, 5.74) is -0.410. The smallest absolute Gasteiger partial charge is 0.419 e. The van der Waals surface area contributed by atoms with Crippen LogP contribution in [0, 0.1) is 0 Å². The summed E-state index contributed by atoms with van der Waals surface area (Å²) in [7, 11) is 1.21. The van der Waals surface area contributed by atoms with Crippen molar-refractivity contribution in [2.24, 2.45) is 0 Å². The number of hydrogen-bond acceptors (Lipinski definition) is 6. The largest absolute Gasteiger partial charge is 0.453 e. The Labute approximate surface area is 192 Å². The van der Waals surface area contributed by atoms with E-state index in [0.29, 0.717) is 23.5 Å². The van der Waals surface area contributed by atoms with Crippen LogP contribution in [-0.2, 0) is 10.9 Å². The van der Waals surface area contributed by atoms with Crippen LogP contribution in [0.2, 0.25) is 5.02 Å². The number of carbonyl (C=O) groups is 1. The number of halogens is 4. The van der Waals surface area contributed by atoms with Crippen LogP contribution in [-0.4, -0.2) is 46.8 Å². The first kappa shape index (κ1) is 23.1. The van der Waals surface area contributed by atoms with Crippen molar-refractivity contribution < 1.29 is 22.7 Å². The van der Waals surface area contributed by atoms with Crippen LogP contribution in [0.4, 0.5) is 29.6 Å². The Morgan fingerprint density at radius 3 is 2.76 bits per heavy atom. The molecule has 0 saturated carbocycles. The maximum absolute atomic E-state index is 13.8. The second-order valence-electron chi connectivity index (χ2n) is 7.85. The first-order valence-electron chi connectivity index (χ1n) is 10.3. The molecule has 1 unspecified atom stereocenters. The van der Waals surface area contributed by atoms with E-state index < -0.39 is 17.8 Å². The number of alkyl halides is 3. The molecule has 1 aliphatic rings. The molecule has 1 amide bonds. The lowest BCUT2D eigenvalue weighted by atomic mass is 10.0. The molecule has 3 heterocycles.